The molecule has 0 saturated heterocycles. The fourth-order valence-corrected chi connectivity index (χ4v) is 4.20. The van der Waals surface area contributed by atoms with Gasteiger partial charge < -0.3 is 4.84 Å². The zero-order valence-electron chi connectivity index (χ0n) is 14.3. The number of oxime groups is 1. The average Bonchev–Trinajstić information content (AvgIpc) is 2.91. The van der Waals surface area contributed by atoms with E-state index in [2.05, 4.69) is 17.3 Å². The summed E-state index contributed by atoms with van der Waals surface area (Å²) < 4.78 is 0. The van der Waals surface area contributed by atoms with Crippen LogP contribution < -0.4 is 0 Å². The van der Waals surface area contributed by atoms with E-state index in [1.54, 1.807) is 6.21 Å². The summed E-state index contributed by atoms with van der Waals surface area (Å²) in [5.41, 5.74) is 2.32. The third-order valence-corrected chi connectivity index (χ3v) is 5.37. The van der Waals surface area contributed by atoms with Crippen molar-refractivity contribution in [3.05, 3.63) is 35.4 Å². The number of Topliss-reactive ketones (excluding diaryl/α,β-unsaturated/α-hetero) is 2. The smallest absolute Gasteiger partial charge is 0.144 e. The van der Waals surface area contributed by atoms with Crippen LogP contribution in [0.25, 0.3) is 0 Å². The molecule has 1 spiro atoms. The lowest BCUT2D eigenvalue weighted by Gasteiger charge is -2.36. The van der Waals surface area contributed by atoms with Crippen LogP contribution in [-0.4, -0.2) is 24.4 Å². The molecule has 4 nitrogen and oxygen atoms in total. The van der Waals surface area contributed by atoms with Gasteiger partial charge in [0.15, 0.2) is 0 Å². The largest absolute Gasteiger partial charge is 0.396 e. The van der Waals surface area contributed by atoms with E-state index in [-0.39, 0.29) is 17.0 Å². The van der Waals surface area contributed by atoms with Gasteiger partial charge in [0.25, 0.3) is 0 Å². The Hall–Kier alpha value is -1.97. The zero-order chi connectivity index (χ0) is 17.0. The molecule has 1 fully saturated rings. The van der Waals surface area contributed by atoms with Crippen LogP contribution in [-0.2, 0) is 26.3 Å². The highest BCUT2D eigenvalue weighted by molar-refractivity contribution is 6.06. The molecular weight excluding hydrogens is 302 g/mol. The number of rotatable bonds is 6. The van der Waals surface area contributed by atoms with Gasteiger partial charge in [-0.2, -0.15) is 0 Å². The highest BCUT2D eigenvalue weighted by Crippen LogP contribution is 2.48. The van der Waals surface area contributed by atoms with Gasteiger partial charge in [-0.05, 0) is 50.2 Å². The van der Waals surface area contributed by atoms with Gasteiger partial charge >= 0.3 is 0 Å². The van der Waals surface area contributed by atoms with Crippen LogP contribution in [0.5, 0.6) is 0 Å². The number of hydrogen-bond donors (Lipinski definition) is 0. The lowest BCUT2D eigenvalue weighted by Crippen LogP contribution is -2.42. The number of aryl methyl sites for hydroxylation is 1. The maximum atomic E-state index is 12.7. The molecule has 3 rings (SSSR count). The molecule has 2 aliphatic carbocycles. The van der Waals surface area contributed by atoms with Crippen molar-refractivity contribution >= 4 is 17.8 Å². The standard InChI is InChI=1S/C20H25NO3/c1-2-24-21-12-6-5-8-16-18(22)13-20(14-19(16)23)11-10-15-7-3-4-9-17(15)20/h3-4,7,9,12,16H,2,5-6,8,10-11,13-14H2,1H3. The lowest BCUT2D eigenvalue weighted by atomic mass is 9.65. The topological polar surface area (TPSA) is 55.7 Å². The van der Waals surface area contributed by atoms with E-state index in [0.29, 0.717) is 25.9 Å². The van der Waals surface area contributed by atoms with Crippen molar-refractivity contribution in [1.82, 2.24) is 0 Å². The minimum Gasteiger partial charge on any atom is -0.396 e. The van der Waals surface area contributed by atoms with Gasteiger partial charge in [0, 0.05) is 24.5 Å². The number of benzene rings is 1. The quantitative estimate of drug-likeness (QED) is 0.347. The van der Waals surface area contributed by atoms with Gasteiger partial charge in [0.2, 0.25) is 0 Å². The predicted octanol–water partition coefficient (Wildman–Crippen LogP) is 3.61. The molecule has 0 heterocycles. The van der Waals surface area contributed by atoms with E-state index in [4.69, 9.17) is 4.84 Å². The van der Waals surface area contributed by atoms with Crippen LogP contribution in [0.2, 0.25) is 0 Å². The molecule has 24 heavy (non-hydrogen) atoms. The van der Waals surface area contributed by atoms with Crippen LogP contribution in [0.15, 0.2) is 29.4 Å². The van der Waals surface area contributed by atoms with Crippen molar-refractivity contribution < 1.29 is 14.4 Å². The normalized spacial score (nSPS) is 26.3. The van der Waals surface area contributed by atoms with Crippen molar-refractivity contribution in [1.29, 1.82) is 0 Å². The summed E-state index contributed by atoms with van der Waals surface area (Å²) in [6.45, 7) is 2.44. The zero-order valence-corrected chi connectivity index (χ0v) is 14.3. The Labute approximate surface area is 143 Å². The Morgan fingerprint density at radius 1 is 1.25 bits per heavy atom. The van der Waals surface area contributed by atoms with Gasteiger partial charge in [0.1, 0.15) is 18.2 Å². The number of carbonyl (C=O) groups excluding carboxylic acids is 2. The highest BCUT2D eigenvalue weighted by atomic mass is 16.6. The molecule has 128 valence electrons. The summed E-state index contributed by atoms with van der Waals surface area (Å²) in [5, 5.41) is 3.80. The summed E-state index contributed by atoms with van der Waals surface area (Å²) in [7, 11) is 0. The summed E-state index contributed by atoms with van der Waals surface area (Å²) >= 11 is 0. The summed E-state index contributed by atoms with van der Waals surface area (Å²) in [5.74, 6) is -0.154. The number of fused-ring (bicyclic) bond motifs is 2. The van der Waals surface area contributed by atoms with Crippen LogP contribution in [0.3, 0.4) is 0 Å². The van der Waals surface area contributed by atoms with Gasteiger partial charge in [0.05, 0.1) is 5.92 Å². The minimum absolute atomic E-state index is 0.129. The fraction of sp³-hybridized carbons (Fsp3) is 0.550. The van der Waals surface area contributed by atoms with Crippen molar-refractivity contribution in [2.75, 3.05) is 6.61 Å². The first-order valence-electron chi connectivity index (χ1n) is 8.94. The first kappa shape index (κ1) is 16.9. The van der Waals surface area contributed by atoms with Crippen molar-refractivity contribution in [2.45, 2.75) is 57.3 Å². The molecule has 1 aromatic carbocycles. The SMILES string of the molecule is CCON=CCCCC1C(=O)CC2(CCc3ccccc32)CC1=O. The second kappa shape index (κ2) is 7.29. The first-order valence-corrected chi connectivity index (χ1v) is 8.94. The number of carbonyl (C=O) groups is 2. The Bertz CT molecular complexity index is 632. The maximum Gasteiger partial charge on any atom is 0.144 e. The second-order valence-corrected chi connectivity index (χ2v) is 6.91. The van der Waals surface area contributed by atoms with Crippen LogP contribution in [0.1, 0.15) is 56.6 Å². The molecule has 0 radical (unpaired) electrons. The Morgan fingerprint density at radius 3 is 2.75 bits per heavy atom. The molecule has 1 saturated carbocycles. The van der Waals surface area contributed by atoms with E-state index in [1.165, 1.54) is 11.1 Å². The monoisotopic (exact) mass is 327 g/mol. The van der Waals surface area contributed by atoms with Gasteiger partial charge in [-0.1, -0.05) is 29.4 Å². The third-order valence-electron chi connectivity index (χ3n) is 5.37. The molecule has 2 aliphatic rings. The van der Waals surface area contributed by atoms with Gasteiger partial charge in [-0.15, -0.1) is 0 Å². The van der Waals surface area contributed by atoms with Gasteiger partial charge in [-0.25, -0.2) is 0 Å². The molecule has 0 aliphatic heterocycles. The molecular formula is C20H25NO3. The van der Waals surface area contributed by atoms with E-state index in [0.717, 1.165) is 25.7 Å². The van der Waals surface area contributed by atoms with Crippen molar-refractivity contribution in [3.63, 3.8) is 0 Å². The number of hydrogen-bond acceptors (Lipinski definition) is 4. The number of unbranched alkanes of at least 4 members (excludes halogenated alkanes) is 1. The Morgan fingerprint density at radius 2 is 2.00 bits per heavy atom. The Balaban J connectivity index is 1.62. The molecule has 1 aromatic rings. The number of nitrogens with zero attached hydrogens (tertiary/aromatic N) is 1. The predicted molar refractivity (Wildman–Crippen MR) is 93.1 cm³/mol. The first-order chi connectivity index (χ1) is 11.7. The summed E-state index contributed by atoms with van der Waals surface area (Å²) in [4.78, 5) is 30.2. The van der Waals surface area contributed by atoms with Gasteiger partial charge in [-0.3, -0.25) is 9.59 Å². The molecule has 0 N–H and O–H groups in total. The van der Waals surface area contributed by atoms with Crippen molar-refractivity contribution in [3.8, 4) is 0 Å². The maximum absolute atomic E-state index is 12.7. The average molecular weight is 327 g/mol. The van der Waals surface area contributed by atoms with E-state index in [1.807, 2.05) is 19.1 Å². The van der Waals surface area contributed by atoms with Crippen LogP contribution >= 0.6 is 0 Å². The minimum atomic E-state index is -0.413. The number of ketones is 2. The highest BCUT2D eigenvalue weighted by Gasteiger charge is 2.48. The summed E-state index contributed by atoms with van der Waals surface area (Å²) in [6, 6.07) is 8.29. The van der Waals surface area contributed by atoms with E-state index < -0.39 is 5.92 Å². The Kier molecular flexibility index (Phi) is 5.12. The van der Waals surface area contributed by atoms with E-state index in [9.17, 15) is 9.59 Å². The van der Waals surface area contributed by atoms with Crippen molar-refractivity contribution in [2.24, 2.45) is 11.1 Å². The molecule has 0 unspecified atom stereocenters. The second-order valence-electron chi connectivity index (χ2n) is 6.91. The summed E-state index contributed by atoms with van der Waals surface area (Å²) in [6.07, 6.45) is 6.84. The fourth-order valence-electron chi connectivity index (χ4n) is 4.20. The molecule has 0 bridgehead atoms. The molecule has 0 amide bonds. The third kappa shape index (κ3) is 3.28. The lowest BCUT2D eigenvalue weighted by molar-refractivity contribution is -0.138. The molecule has 0 aromatic heterocycles. The van der Waals surface area contributed by atoms with E-state index >= 15 is 0 Å². The van der Waals surface area contributed by atoms with Crippen LogP contribution in [0, 0.1) is 5.92 Å². The van der Waals surface area contributed by atoms with Crippen LogP contribution in [0.4, 0.5) is 0 Å². The molecule has 4 heteroatoms. The molecule has 0 atom stereocenters.